The summed E-state index contributed by atoms with van der Waals surface area (Å²) >= 11 is 0. The van der Waals surface area contributed by atoms with Gasteiger partial charge in [-0.1, -0.05) is 12.1 Å². The average Bonchev–Trinajstić information content (AvgIpc) is 2.68. The second kappa shape index (κ2) is 4.44. The number of para-hydroxylation sites is 1. The van der Waals surface area contributed by atoms with E-state index in [1.54, 1.807) is 0 Å². The Balaban J connectivity index is 1.71. The van der Waals surface area contributed by atoms with Crippen molar-refractivity contribution in [3.8, 4) is 0 Å². The third-order valence-corrected chi connectivity index (χ3v) is 3.55. The van der Waals surface area contributed by atoms with Crippen LogP contribution in [0.4, 0.5) is 0 Å². The lowest BCUT2D eigenvalue weighted by Crippen LogP contribution is -2.42. The number of aryl methyl sites for hydroxylation is 2. The minimum atomic E-state index is 0.249. The Morgan fingerprint density at radius 3 is 2.94 bits per heavy atom. The first-order valence-corrected chi connectivity index (χ1v) is 6.46. The van der Waals surface area contributed by atoms with Crippen molar-refractivity contribution in [1.82, 2.24) is 14.9 Å². The summed E-state index contributed by atoms with van der Waals surface area (Å²) in [6.45, 7) is 3.91. The number of fused-ring (bicyclic) bond motifs is 1. The molecule has 18 heavy (non-hydrogen) atoms. The molecule has 0 bridgehead atoms. The van der Waals surface area contributed by atoms with E-state index in [9.17, 15) is 4.79 Å². The van der Waals surface area contributed by atoms with Crippen molar-refractivity contribution in [1.29, 1.82) is 0 Å². The van der Waals surface area contributed by atoms with Gasteiger partial charge in [0.15, 0.2) is 0 Å². The monoisotopic (exact) mass is 243 g/mol. The number of rotatable bonds is 3. The molecule has 4 heteroatoms. The maximum Gasteiger partial charge on any atom is 0.223 e. The highest BCUT2D eigenvalue weighted by Gasteiger charge is 2.19. The molecule has 1 amide bonds. The highest BCUT2D eigenvalue weighted by molar-refractivity contribution is 5.79. The van der Waals surface area contributed by atoms with Gasteiger partial charge >= 0.3 is 0 Å². The second-order valence-corrected chi connectivity index (χ2v) is 4.89. The first-order chi connectivity index (χ1) is 8.74. The van der Waals surface area contributed by atoms with Crippen molar-refractivity contribution in [2.45, 2.75) is 26.2 Å². The van der Waals surface area contributed by atoms with Crippen molar-refractivity contribution in [2.24, 2.45) is 0 Å². The number of carbonyl (C=O) groups excluding carboxylic acids is 1. The molecule has 1 fully saturated rings. The average molecular weight is 243 g/mol. The van der Waals surface area contributed by atoms with Crippen LogP contribution in [-0.2, 0) is 11.2 Å². The number of likely N-dealkylation sites (tertiary alicyclic amines) is 1. The Kier molecular flexibility index (Phi) is 2.78. The number of nitrogens with one attached hydrogen (secondary N) is 1. The van der Waals surface area contributed by atoms with E-state index in [2.05, 4.69) is 23.0 Å². The van der Waals surface area contributed by atoms with E-state index in [4.69, 9.17) is 0 Å². The van der Waals surface area contributed by atoms with Crippen LogP contribution >= 0.6 is 0 Å². The fourth-order valence-electron chi connectivity index (χ4n) is 2.29. The van der Waals surface area contributed by atoms with Gasteiger partial charge in [0.05, 0.1) is 11.0 Å². The Labute approximate surface area is 106 Å². The van der Waals surface area contributed by atoms with Crippen molar-refractivity contribution in [3.05, 3.63) is 29.6 Å². The summed E-state index contributed by atoms with van der Waals surface area (Å²) in [4.78, 5) is 21.5. The number of imidazole rings is 1. The third kappa shape index (κ3) is 1.98. The van der Waals surface area contributed by atoms with E-state index >= 15 is 0 Å². The molecule has 0 spiro atoms. The van der Waals surface area contributed by atoms with Gasteiger partial charge in [0.1, 0.15) is 5.82 Å². The van der Waals surface area contributed by atoms with E-state index in [1.165, 1.54) is 5.56 Å². The molecule has 1 aliphatic rings. The van der Waals surface area contributed by atoms with Gasteiger partial charge < -0.3 is 9.88 Å². The predicted octanol–water partition coefficient (Wildman–Crippen LogP) is 2.04. The number of carbonyl (C=O) groups is 1. The Hall–Kier alpha value is -1.84. The SMILES string of the molecule is Cc1cccc2[nH]c(CCC(=O)N3CCC3)nc12. The van der Waals surface area contributed by atoms with Crippen LogP contribution in [0.25, 0.3) is 11.0 Å². The highest BCUT2D eigenvalue weighted by atomic mass is 16.2. The van der Waals surface area contributed by atoms with Gasteiger partial charge in [0, 0.05) is 25.9 Å². The zero-order valence-corrected chi connectivity index (χ0v) is 10.6. The van der Waals surface area contributed by atoms with Gasteiger partial charge in [0.25, 0.3) is 0 Å². The van der Waals surface area contributed by atoms with Crippen molar-refractivity contribution < 1.29 is 4.79 Å². The molecule has 0 aliphatic carbocycles. The zero-order chi connectivity index (χ0) is 12.5. The lowest BCUT2D eigenvalue weighted by Gasteiger charge is -2.30. The van der Waals surface area contributed by atoms with Crippen LogP contribution in [0.2, 0.25) is 0 Å². The summed E-state index contributed by atoms with van der Waals surface area (Å²) in [7, 11) is 0. The van der Waals surface area contributed by atoms with Crippen LogP contribution in [0.1, 0.15) is 24.2 Å². The number of aromatic amines is 1. The number of hydrogen-bond donors (Lipinski definition) is 1. The van der Waals surface area contributed by atoms with Crippen molar-refractivity contribution in [2.75, 3.05) is 13.1 Å². The Bertz CT molecular complexity index is 584. The molecule has 0 unspecified atom stereocenters. The topological polar surface area (TPSA) is 49.0 Å². The lowest BCUT2D eigenvalue weighted by atomic mass is 10.2. The van der Waals surface area contributed by atoms with Crippen LogP contribution in [0, 0.1) is 6.92 Å². The molecule has 1 aromatic carbocycles. The number of aromatic nitrogens is 2. The van der Waals surface area contributed by atoms with Crippen LogP contribution in [0.3, 0.4) is 0 Å². The minimum absolute atomic E-state index is 0.249. The first-order valence-electron chi connectivity index (χ1n) is 6.46. The van der Waals surface area contributed by atoms with E-state index in [-0.39, 0.29) is 5.91 Å². The molecule has 0 atom stereocenters. The summed E-state index contributed by atoms with van der Waals surface area (Å²) < 4.78 is 0. The van der Waals surface area contributed by atoms with Crippen LogP contribution in [0.15, 0.2) is 18.2 Å². The molecule has 1 aliphatic heterocycles. The van der Waals surface area contributed by atoms with Gasteiger partial charge in [-0.05, 0) is 25.0 Å². The second-order valence-electron chi connectivity index (χ2n) is 4.89. The summed E-state index contributed by atoms with van der Waals surface area (Å²) in [6, 6.07) is 6.10. The normalized spacial score (nSPS) is 14.8. The van der Waals surface area contributed by atoms with Crippen molar-refractivity contribution >= 4 is 16.9 Å². The van der Waals surface area contributed by atoms with Crippen LogP contribution < -0.4 is 0 Å². The van der Waals surface area contributed by atoms with Gasteiger partial charge in [0.2, 0.25) is 5.91 Å². The maximum absolute atomic E-state index is 11.8. The fraction of sp³-hybridized carbons (Fsp3) is 0.429. The molecule has 0 radical (unpaired) electrons. The van der Waals surface area contributed by atoms with Crippen molar-refractivity contribution in [3.63, 3.8) is 0 Å². The van der Waals surface area contributed by atoms with Gasteiger partial charge in [-0.2, -0.15) is 0 Å². The Morgan fingerprint density at radius 2 is 2.28 bits per heavy atom. The first kappa shape index (κ1) is 11.3. The lowest BCUT2D eigenvalue weighted by molar-refractivity contribution is -0.134. The molecule has 3 rings (SSSR count). The quantitative estimate of drug-likeness (QED) is 0.896. The van der Waals surface area contributed by atoms with E-state index in [1.807, 2.05) is 17.0 Å². The van der Waals surface area contributed by atoms with Crippen LogP contribution in [-0.4, -0.2) is 33.9 Å². The van der Waals surface area contributed by atoms with Gasteiger partial charge in [-0.25, -0.2) is 4.98 Å². The molecular formula is C14H17N3O. The molecule has 1 N–H and O–H groups in total. The summed E-state index contributed by atoms with van der Waals surface area (Å²) in [6.07, 6.45) is 2.40. The molecule has 1 saturated heterocycles. The number of benzene rings is 1. The highest BCUT2D eigenvalue weighted by Crippen LogP contribution is 2.16. The standard InChI is InChI=1S/C14H17N3O/c1-10-4-2-5-11-14(10)16-12(15-11)6-7-13(18)17-8-3-9-17/h2,4-5H,3,6-9H2,1H3,(H,15,16). The number of H-pyrrole nitrogens is 1. The van der Waals surface area contributed by atoms with E-state index < -0.39 is 0 Å². The molecule has 0 saturated carbocycles. The third-order valence-electron chi connectivity index (χ3n) is 3.55. The molecule has 1 aromatic heterocycles. The summed E-state index contributed by atoms with van der Waals surface area (Å²) in [5, 5.41) is 0. The predicted molar refractivity (Wildman–Crippen MR) is 70.3 cm³/mol. The largest absolute Gasteiger partial charge is 0.343 e. The molecular weight excluding hydrogens is 226 g/mol. The van der Waals surface area contributed by atoms with Gasteiger partial charge in [-0.15, -0.1) is 0 Å². The maximum atomic E-state index is 11.8. The van der Waals surface area contributed by atoms with Crippen LogP contribution in [0.5, 0.6) is 0 Å². The number of hydrogen-bond acceptors (Lipinski definition) is 2. The molecule has 2 aromatic rings. The zero-order valence-electron chi connectivity index (χ0n) is 10.6. The van der Waals surface area contributed by atoms with E-state index in [0.717, 1.165) is 36.4 Å². The van der Waals surface area contributed by atoms with Gasteiger partial charge in [-0.3, -0.25) is 4.79 Å². The summed E-state index contributed by atoms with van der Waals surface area (Å²) in [5.41, 5.74) is 3.24. The summed E-state index contributed by atoms with van der Waals surface area (Å²) in [5.74, 6) is 1.16. The number of amides is 1. The molecule has 2 heterocycles. The Morgan fingerprint density at radius 1 is 1.44 bits per heavy atom. The minimum Gasteiger partial charge on any atom is -0.343 e. The van der Waals surface area contributed by atoms with E-state index in [0.29, 0.717) is 12.8 Å². The smallest absolute Gasteiger partial charge is 0.223 e. The number of nitrogens with zero attached hydrogens (tertiary/aromatic N) is 2. The molecule has 4 nitrogen and oxygen atoms in total. The fourth-order valence-corrected chi connectivity index (χ4v) is 2.29. The molecule has 94 valence electrons.